The monoisotopic (exact) mass is 302 g/mol. The van der Waals surface area contributed by atoms with Crippen LogP contribution in [0, 0.1) is 35.9 Å². The number of pyridine rings is 1. The summed E-state index contributed by atoms with van der Waals surface area (Å²) in [5.74, 6) is 6.21. The maximum Gasteiger partial charge on any atom is 0.143 e. The second kappa shape index (κ2) is 6.13. The van der Waals surface area contributed by atoms with Crippen LogP contribution >= 0.6 is 0 Å². The number of hydrogen-bond donors (Lipinski definition) is 0. The fourth-order valence-corrected chi connectivity index (χ4v) is 2.13. The topological polar surface area (TPSA) is 54.5 Å². The molecule has 0 aliphatic rings. The van der Waals surface area contributed by atoms with E-state index in [1.54, 1.807) is 35.2 Å². The van der Waals surface area contributed by atoms with Gasteiger partial charge >= 0.3 is 0 Å². The zero-order chi connectivity index (χ0) is 16.2. The maximum atomic E-state index is 13.3. The van der Waals surface area contributed by atoms with E-state index >= 15 is 0 Å². The Bertz CT molecular complexity index is 970. The lowest BCUT2D eigenvalue weighted by atomic mass is 10.1. The molecule has 3 aromatic rings. The number of halogens is 1. The average Bonchev–Trinajstić information content (AvgIpc) is 2.94. The van der Waals surface area contributed by atoms with Gasteiger partial charge in [0.05, 0.1) is 29.7 Å². The standard InChI is InChI=1S/C18H11FN4/c1-13-22-17(6-5-14-3-2-4-15(7-14)9-20)12-23(13)18-8-16(19)10-21-11-18/h2-4,7-8,10-12H,1H3. The van der Waals surface area contributed by atoms with Gasteiger partial charge in [-0.05, 0) is 31.0 Å². The molecule has 0 saturated carbocycles. The van der Waals surface area contributed by atoms with E-state index in [2.05, 4.69) is 27.9 Å². The van der Waals surface area contributed by atoms with E-state index in [0.717, 1.165) is 11.8 Å². The highest BCUT2D eigenvalue weighted by atomic mass is 19.1. The summed E-state index contributed by atoms with van der Waals surface area (Å²) in [4.78, 5) is 8.18. The molecule has 0 atom stereocenters. The molecule has 0 spiro atoms. The first kappa shape index (κ1) is 14.5. The van der Waals surface area contributed by atoms with Gasteiger partial charge in [-0.2, -0.15) is 5.26 Å². The van der Waals surface area contributed by atoms with Crippen LogP contribution in [-0.4, -0.2) is 14.5 Å². The van der Waals surface area contributed by atoms with Gasteiger partial charge in [-0.3, -0.25) is 4.98 Å². The van der Waals surface area contributed by atoms with Crippen molar-refractivity contribution in [2.24, 2.45) is 0 Å². The Balaban J connectivity index is 1.93. The summed E-state index contributed by atoms with van der Waals surface area (Å²) in [5.41, 5.74) is 2.46. The largest absolute Gasteiger partial charge is 0.301 e. The number of hydrogen-bond acceptors (Lipinski definition) is 3. The molecule has 23 heavy (non-hydrogen) atoms. The van der Waals surface area contributed by atoms with Gasteiger partial charge in [0.2, 0.25) is 0 Å². The van der Waals surface area contributed by atoms with Gasteiger partial charge in [0.1, 0.15) is 17.3 Å². The third-order valence-electron chi connectivity index (χ3n) is 3.18. The molecule has 2 heterocycles. The first-order chi connectivity index (χ1) is 11.2. The third-order valence-corrected chi connectivity index (χ3v) is 3.18. The van der Waals surface area contributed by atoms with Crippen LogP contribution in [-0.2, 0) is 0 Å². The minimum absolute atomic E-state index is 0.406. The number of imidazole rings is 1. The van der Waals surface area contributed by atoms with E-state index in [-0.39, 0.29) is 0 Å². The van der Waals surface area contributed by atoms with Gasteiger partial charge in [-0.25, -0.2) is 9.37 Å². The number of aromatic nitrogens is 3. The first-order valence-electron chi connectivity index (χ1n) is 6.85. The van der Waals surface area contributed by atoms with Gasteiger partial charge in [0, 0.05) is 17.8 Å². The Kier molecular flexibility index (Phi) is 3.86. The van der Waals surface area contributed by atoms with Crippen molar-refractivity contribution < 1.29 is 4.39 Å². The first-order valence-corrected chi connectivity index (χ1v) is 6.85. The highest BCUT2D eigenvalue weighted by Gasteiger charge is 2.05. The number of benzene rings is 1. The molecule has 4 nitrogen and oxygen atoms in total. The molecule has 0 aliphatic heterocycles. The Morgan fingerprint density at radius 3 is 2.74 bits per heavy atom. The van der Waals surface area contributed by atoms with Crippen molar-refractivity contribution in [3.63, 3.8) is 0 Å². The van der Waals surface area contributed by atoms with Crippen molar-refractivity contribution in [1.82, 2.24) is 14.5 Å². The Morgan fingerprint density at radius 1 is 1.13 bits per heavy atom. The van der Waals surface area contributed by atoms with Crippen LogP contribution in [0.15, 0.2) is 48.9 Å². The van der Waals surface area contributed by atoms with E-state index in [1.807, 2.05) is 13.0 Å². The lowest BCUT2D eigenvalue weighted by Crippen LogP contribution is -1.96. The molecule has 0 bridgehead atoms. The van der Waals surface area contributed by atoms with Gasteiger partial charge < -0.3 is 4.57 Å². The molecule has 0 aliphatic carbocycles. The molecule has 0 N–H and O–H groups in total. The number of nitriles is 1. The second-order valence-electron chi connectivity index (χ2n) is 4.85. The molecule has 0 fully saturated rings. The molecular weight excluding hydrogens is 291 g/mol. The van der Waals surface area contributed by atoms with Crippen LogP contribution in [0.5, 0.6) is 0 Å². The maximum absolute atomic E-state index is 13.3. The highest BCUT2D eigenvalue weighted by molar-refractivity contribution is 5.45. The zero-order valence-corrected chi connectivity index (χ0v) is 12.3. The lowest BCUT2D eigenvalue weighted by Gasteiger charge is -2.02. The molecule has 110 valence electrons. The predicted molar refractivity (Wildman–Crippen MR) is 83.2 cm³/mol. The van der Waals surface area contributed by atoms with E-state index in [0.29, 0.717) is 22.8 Å². The van der Waals surface area contributed by atoms with Gasteiger partial charge in [0.15, 0.2) is 0 Å². The third kappa shape index (κ3) is 3.25. The average molecular weight is 302 g/mol. The molecule has 1 aromatic carbocycles. The SMILES string of the molecule is Cc1nc(C#Cc2cccc(C#N)c2)cn1-c1cncc(F)c1. The number of rotatable bonds is 1. The fourth-order valence-electron chi connectivity index (χ4n) is 2.13. The smallest absolute Gasteiger partial charge is 0.143 e. The van der Waals surface area contributed by atoms with Crippen LogP contribution in [0.1, 0.15) is 22.6 Å². The quantitative estimate of drug-likeness (QED) is 0.649. The molecule has 0 unspecified atom stereocenters. The van der Waals surface area contributed by atoms with Gasteiger partial charge in [-0.1, -0.05) is 12.0 Å². The fraction of sp³-hybridized carbons (Fsp3) is 0.0556. The van der Waals surface area contributed by atoms with E-state index in [4.69, 9.17) is 5.26 Å². The lowest BCUT2D eigenvalue weighted by molar-refractivity contribution is 0.619. The summed E-state index contributed by atoms with van der Waals surface area (Å²) in [7, 11) is 0. The van der Waals surface area contributed by atoms with Crippen molar-refractivity contribution >= 4 is 0 Å². The summed E-state index contributed by atoms with van der Waals surface area (Å²) in [5, 5.41) is 8.89. The number of nitrogens with zero attached hydrogens (tertiary/aromatic N) is 4. The predicted octanol–water partition coefficient (Wildman–Crippen LogP) is 2.99. The molecule has 0 radical (unpaired) electrons. The van der Waals surface area contributed by atoms with Gasteiger partial charge in [-0.15, -0.1) is 0 Å². The normalized spacial score (nSPS) is 9.78. The van der Waals surface area contributed by atoms with E-state index in [1.165, 1.54) is 6.07 Å². The van der Waals surface area contributed by atoms with Crippen LogP contribution in [0.3, 0.4) is 0 Å². The highest BCUT2D eigenvalue weighted by Crippen LogP contribution is 2.12. The van der Waals surface area contributed by atoms with Crippen LogP contribution in [0.4, 0.5) is 4.39 Å². The van der Waals surface area contributed by atoms with Crippen molar-refractivity contribution in [1.29, 1.82) is 5.26 Å². The van der Waals surface area contributed by atoms with Crippen molar-refractivity contribution in [3.8, 4) is 23.6 Å². The summed E-state index contributed by atoms with van der Waals surface area (Å²) >= 11 is 0. The Morgan fingerprint density at radius 2 is 1.96 bits per heavy atom. The Hall–Kier alpha value is -3.44. The van der Waals surface area contributed by atoms with Gasteiger partial charge in [0.25, 0.3) is 0 Å². The molecule has 5 heteroatoms. The molecule has 0 amide bonds. The summed E-state index contributed by atoms with van der Waals surface area (Å²) in [6.07, 6.45) is 4.44. The van der Waals surface area contributed by atoms with Crippen LogP contribution < -0.4 is 0 Å². The molecule has 3 rings (SSSR count). The van der Waals surface area contributed by atoms with Crippen molar-refractivity contribution in [3.05, 3.63) is 77.4 Å². The van der Waals surface area contributed by atoms with Crippen molar-refractivity contribution in [2.45, 2.75) is 6.92 Å². The molecule has 0 saturated heterocycles. The van der Waals surface area contributed by atoms with Crippen molar-refractivity contribution in [2.75, 3.05) is 0 Å². The summed E-state index contributed by atoms with van der Waals surface area (Å²) in [6, 6.07) is 10.5. The minimum Gasteiger partial charge on any atom is -0.301 e. The molecule has 2 aromatic heterocycles. The second-order valence-corrected chi connectivity index (χ2v) is 4.85. The van der Waals surface area contributed by atoms with Crippen LogP contribution in [0.2, 0.25) is 0 Å². The zero-order valence-electron chi connectivity index (χ0n) is 12.3. The minimum atomic E-state index is -0.406. The molecular formula is C18H11FN4. The van der Waals surface area contributed by atoms with E-state index < -0.39 is 5.82 Å². The summed E-state index contributed by atoms with van der Waals surface area (Å²) in [6.45, 7) is 1.81. The van der Waals surface area contributed by atoms with E-state index in [9.17, 15) is 4.39 Å². The Labute approximate surface area is 132 Å². The van der Waals surface area contributed by atoms with Crippen LogP contribution in [0.25, 0.3) is 5.69 Å². The number of aryl methyl sites for hydroxylation is 1. The summed E-state index contributed by atoms with van der Waals surface area (Å²) < 4.78 is 15.0.